The molecule has 0 aromatic carbocycles. The molecule has 2 heterocycles. The first-order chi connectivity index (χ1) is 6.75. The van der Waals surface area contributed by atoms with Crippen molar-refractivity contribution in [1.82, 2.24) is 10.3 Å². The zero-order chi connectivity index (χ0) is 9.97. The van der Waals surface area contributed by atoms with E-state index in [0.717, 1.165) is 30.9 Å². The van der Waals surface area contributed by atoms with E-state index in [-0.39, 0.29) is 5.91 Å². The minimum Gasteiger partial charge on any atom is -0.325 e. The average Bonchev–Trinajstić information content (AvgIpc) is 2.17. The number of hydrogen-bond donors (Lipinski definition) is 2. The fourth-order valence-electron chi connectivity index (χ4n) is 1.62. The number of hydrogen-bond acceptors (Lipinski definition) is 3. The molecule has 74 valence electrons. The summed E-state index contributed by atoms with van der Waals surface area (Å²) >= 11 is 0. The van der Waals surface area contributed by atoms with Crippen LogP contribution in [-0.4, -0.2) is 17.4 Å². The molecule has 1 amide bonds. The lowest BCUT2D eigenvalue weighted by atomic mass is 10.1. The van der Waals surface area contributed by atoms with Gasteiger partial charge in [0, 0.05) is 32.1 Å². The number of amides is 1. The molecular weight excluding hydrogens is 178 g/mol. The summed E-state index contributed by atoms with van der Waals surface area (Å²) in [6.45, 7) is 3.33. The topological polar surface area (TPSA) is 54.0 Å². The number of nitrogens with one attached hydrogen (secondary N) is 2. The molecule has 0 saturated carbocycles. The molecule has 0 radical (unpaired) electrons. The van der Waals surface area contributed by atoms with Crippen molar-refractivity contribution in [3.8, 4) is 0 Å². The largest absolute Gasteiger partial charge is 0.325 e. The van der Waals surface area contributed by atoms with Gasteiger partial charge in [-0.05, 0) is 11.6 Å². The molecule has 0 spiro atoms. The number of carbonyl (C=O) groups is 1. The standard InChI is InChI=1S/C10H13N3O/c1-7(14)13-9-4-8-5-11-3-2-10(8)12-6-9/h4,6,11H,2-3,5H2,1H3,(H,13,14). The van der Waals surface area contributed by atoms with E-state index < -0.39 is 0 Å². The van der Waals surface area contributed by atoms with Gasteiger partial charge in [0.25, 0.3) is 0 Å². The molecule has 2 N–H and O–H groups in total. The highest BCUT2D eigenvalue weighted by molar-refractivity contribution is 5.88. The monoisotopic (exact) mass is 191 g/mol. The van der Waals surface area contributed by atoms with E-state index in [1.165, 1.54) is 12.5 Å². The van der Waals surface area contributed by atoms with E-state index in [0.29, 0.717) is 0 Å². The van der Waals surface area contributed by atoms with Crippen molar-refractivity contribution < 1.29 is 4.79 Å². The Labute approximate surface area is 82.7 Å². The summed E-state index contributed by atoms with van der Waals surface area (Å²) in [5, 5.41) is 5.99. The Morgan fingerprint density at radius 1 is 1.64 bits per heavy atom. The van der Waals surface area contributed by atoms with Gasteiger partial charge in [0.2, 0.25) is 5.91 Å². The number of fused-ring (bicyclic) bond motifs is 1. The Morgan fingerprint density at radius 2 is 2.50 bits per heavy atom. The van der Waals surface area contributed by atoms with Gasteiger partial charge < -0.3 is 10.6 Å². The lowest BCUT2D eigenvalue weighted by Crippen LogP contribution is -2.24. The molecule has 1 aromatic heterocycles. The quantitative estimate of drug-likeness (QED) is 0.686. The van der Waals surface area contributed by atoms with Crippen molar-refractivity contribution in [2.24, 2.45) is 0 Å². The smallest absolute Gasteiger partial charge is 0.221 e. The van der Waals surface area contributed by atoms with Crippen molar-refractivity contribution in [2.45, 2.75) is 19.9 Å². The zero-order valence-electron chi connectivity index (χ0n) is 8.13. The molecule has 2 rings (SSSR count). The van der Waals surface area contributed by atoms with Crippen molar-refractivity contribution >= 4 is 11.6 Å². The number of nitrogens with zero attached hydrogens (tertiary/aromatic N) is 1. The second-order valence-electron chi connectivity index (χ2n) is 3.44. The Bertz CT molecular complexity index is 362. The van der Waals surface area contributed by atoms with E-state index in [1.807, 2.05) is 6.07 Å². The highest BCUT2D eigenvalue weighted by Crippen LogP contribution is 2.15. The van der Waals surface area contributed by atoms with Crippen LogP contribution in [0.5, 0.6) is 0 Å². The van der Waals surface area contributed by atoms with Gasteiger partial charge >= 0.3 is 0 Å². The van der Waals surface area contributed by atoms with E-state index >= 15 is 0 Å². The molecule has 0 saturated heterocycles. The van der Waals surface area contributed by atoms with Crippen LogP contribution < -0.4 is 10.6 Å². The Morgan fingerprint density at radius 3 is 3.29 bits per heavy atom. The SMILES string of the molecule is CC(=O)Nc1cnc2c(c1)CNCC2. The summed E-state index contributed by atoms with van der Waals surface area (Å²) in [7, 11) is 0. The molecule has 1 aliphatic heterocycles. The third-order valence-corrected chi connectivity index (χ3v) is 2.23. The van der Waals surface area contributed by atoms with Crippen molar-refractivity contribution in [2.75, 3.05) is 11.9 Å². The van der Waals surface area contributed by atoms with E-state index in [4.69, 9.17) is 0 Å². The maximum atomic E-state index is 10.8. The predicted molar refractivity (Wildman–Crippen MR) is 54.0 cm³/mol. The third kappa shape index (κ3) is 1.90. The number of anilines is 1. The third-order valence-electron chi connectivity index (χ3n) is 2.23. The predicted octanol–water partition coefficient (Wildman–Crippen LogP) is 0.686. The molecule has 0 unspecified atom stereocenters. The highest BCUT2D eigenvalue weighted by atomic mass is 16.1. The van der Waals surface area contributed by atoms with Gasteiger partial charge in [-0.25, -0.2) is 0 Å². The van der Waals surface area contributed by atoms with Crippen LogP contribution in [0.25, 0.3) is 0 Å². The molecule has 4 heteroatoms. The Kier molecular flexibility index (Phi) is 2.45. The summed E-state index contributed by atoms with van der Waals surface area (Å²) in [4.78, 5) is 15.1. The number of carbonyl (C=O) groups excluding carboxylic acids is 1. The van der Waals surface area contributed by atoms with Crippen LogP contribution >= 0.6 is 0 Å². The summed E-state index contributed by atoms with van der Waals surface area (Å²) in [5.41, 5.74) is 3.10. The van der Waals surface area contributed by atoms with E-state index in [1.54, 1.807) is 6.20 Å². The lowest BCUT2D eigenvalue weighted by Gasteiger charge is -2.16. The maximum absolute atomic E-state index is 10.8. The van der Waals surface area contributed by atoms with Crippen LogP contribution in [0, 0.1) is 0 Å². The summed E-state index contributed by atoms with van der Waals surface area (Å²) < 4.78 is 0. The maximum Gasteiger partial charge on any atom is 0.221 e. The molecule has 0 aliphatic carbocycles. The first kappa shape index (κ1) is 9.15. The van der Waals surface area contributed by atoms with Gasteiger partial charge in [-0.2, -0.15) is 0 Å². The first-order valence-electron chi connectivity index (χ1n) is 4.72. The Hall–Kier alpha value is -1.42. The number of rotatable bonds is 1. The molecule has 14 heavy (non-hydrogen) atoms. The van der Waals surface area contributed by atoms with Crippen LogP contribution in [0.2, 0.25) is 0 Å². The van der Waals surface area contributed by atoms with Crippen molar-refractivity contribution in [3.05, 3.63) is 23.5 Å². The second-order valence-corrected chi connectivity index (χ2v) is 3.44. The van der Waals surface area contributed by atoms with Crippen LogP contribution in [0.1, 0.15) is 18.2 Å². The van der Waals surface area contributed by atoms with Gasteiger partial charge in [-0.3, -0.25) is 9.78 Å². The van der Waals surface area contributed by atoms with E-state index in [2.05, 4.69) is 15.6 Å². The summed E-state index contributed by atoms with van der Waals surface area (Å²) in [6, 6.07) is 1.98. The lowest BCUT2D eigenvalue weighted by molar-refractivity contribution is -0.114. The molecular formula is C10H13N3O. The van der Waals surface area contributed by atoms with Crippen molar-refractivity contribution in [3.63, 3.8) is 0 Å². The highest BCUT2D eigenvalue weighted by Gasteiger charge is 2.10. The molecule has 4 nitrogen and oxygen atoms in total. The van der Waals surface area contributed by atoms with Gasteiger partial charge in [0.05, 0.1) is 11.9 Å². The molecule has 0 atom stereocenters. The first-order valence-corrected chi connectivity index (χ1v) is 4.72. The second kappa shape index (κ2) is 3.75. The fraction of sp³-hybridized carbons (Fsp3) is 0.400. The molecule has 1 aliphatic rings. The fourth-order valence-corrected chi connectivity index (χ4v) is 1.62. The van der Waals surface area contributed by atoms with Crippen LogP contribution in [-0.2, 0) is 17.8 Å². The normalized spacial score (nSPS) is 14.6. The zero-order valence-corrected chi connectivity index (χ0v) is 8.13. The molecule has 0 fully saturated rings. The van der Waals surface area contributed by atoms with Crippen molar-refractivity contribution in [1.29, 1.82) is 0 Å². The van der Waals surface area contributed by atoms with Gasteiger partial charge in [-0.15, -0.1) is 0 Å². The van der Waals surface area contributed by atoms with Crippen LogP contribution in [0.3, 0.4) is 0 Å². The number of pyridine rings is 1. The molecule has 1 aromatic rings. The van der Waals surface area contributed by atoms with Crippen LogP contribution in [0.4, 0.5) is 5.69 Å². The van der Waals surface area contributed by atoms with Gasteiger partial charge in [0.1, 0.15) is 0 Å². The number of aromatic nitrogens is 1. The van der Waals surface area contributed by atoms with Crippen LogP contribution in [0.15, 0.2) is 12.3 Å². The average molecular weight is 191 g/mol. The summed E-state index contributed by atoms with van der Waals surface area (Å²) in [6.07, 6.45) is 2.68. The van der Waals surface area contributed by atoms with Gasteiger partial charge in [0.15, 0.2) is 0 Å². The van der Waals surface area contributed by atoms with Gasteiger partial charge in [-0.1, -0.05) is 0 Å². The minimum absolute atomic E-state index is 0.0597. The Balaban J connectivity index is 2.24. The minimum atomic E-state index is -0.0597. The molecule has 0 bridgehead atoms. The summed E-state index contributed by atoms with van der Waals surface area (Å²) in [5.74, 6) is -0.0597. The van der Waals surface area contributed by atoms with E-state index in [9.17, 15) is 4.79 Å².